The van der Waals surface area contributed by atoms with E-state index in [1.807, 2.05) is 13.1 Å². The van der Waals surface area contributed by atoms with Crippen molar-refractivity contribution in [3.8, 4) is 0 Å². The van der Waals surface area contributed by atoms with Gasteiger partial charge in [-0.3, -0.25) is 0 Å². The maximum Gasteiger partial charge on any atom is 0.352 e. The van der Waals surface area contributed by atoms with Gasteiger partial charge >= 0.3 is 5.97 Å². The second kappa shape index (κ2) is 5.73. The summed E-state index contributed by atoms with van der Waals surface area (Å²) in [6, 6.07) is 6.31. The minimum atomic E-state index is -0.932. The number of hydrogen-bond donors (Lipinski definition) is 1. The van der Waals surface area contributed by atoms with Gasteiger partial charge in [-0.15, -0.1) is 0 Å². The Labute approximate surface area is 124 Å². The molecule has 0 atom stereocenters. The molecule has 1 heterocycles. The lowest BCUT2D eigenvalue weighted by molar-refractivity contribution is 0.0685. The summed E-state index contributed by atoms with van der Waals surface area (Å²) in [7, 11) is 0. The van der Waals surface area contributed by atoms with Crippen LogP contribution in [0, 0.1) is 16.3 Å². The molecular formula is C14H13FINO2. The van der Waals surface area contributed by atoms with Crippen LogP contribution < -0.4 is 0 Å². The third kappa shape index (κ3) is 3.34. The van der Waals surface area contributed by atoms with E-state index in [1.165, 1.54) is 12.1 Å². The first kappa shape index (κ1) is 14.0. The van der Waals surface area contributed by atoms with Gasteiger partial charge < -0.3 is 9.67 Å². The number of benzene rings is 1. The molecule has 2 aromatic rings. The van der Waals surface area contributed by atoms with Crippen molar-refractivity contribution in [3.05, 3.63) is 56.7 Å². The SMILES string of the molecule is Cc1cc(F)ccc1CCn1cc(I)cc1C(=O)O. The number of carboxylic acid groups (broad SMARTS) is 1. The minimum absolute atomic E-state index is 0.247. The van der Waals surface area contributed by atoms with Gasteiger partial charge in [0.05, 0.1) is 0 Å². The van der Waals surface area contributed by atoms with Crippen LogP contribution in [0.25, 0.3) is 0 Å². The van der Waals surface area contributed by atoms with Crippen molar-refractivity contribution in [2.75, 3.05) is 0 Å². The summed E-state index contributed by atoms with van der Waals surface area (Å²) in [5, 5.41) is 9.09. The molecule has 0 aliphatic carbocycles. The van der Waals surface area contributed by atoms with Crippen molar-refractivity contribution < 1.29 is 14.3 Å². The van der Waals surface area contributed by atoms with Crippen molar-refractivity contribution in [2.24, 2.45) is 0 Å². The van der Waals surface area contributed by atoms with Gasteiger partial charge in [-0.25, -0.2) is 9.18 Å². The highest BCUT2D eigenvalue weighted by molar-refractivity contribution is 14.1. The molecule has 0 saturated carbocycles. The van der Waals surface area contributed by atoms with E-state index in [9.17, 15) is 9.18 Å². The molecule has 0 fully saturated rings. The number of nitrogens with zero attached hydrogens (tertiary/aromatic N) is 1. The van der Waals surface area contributed by atoms with Crippen LogP contribution in [0.1, 0.15) is 21.6 Å². The Bertz CT molecular complexity index is 622. The number of aromatic carboxylic acids is 1. The van der Waals surface area contributed by atoms with Crippen LogP contribution in [0.15, 0.2) is 30.5 Å². The lowest BCUT2D eigenvalue weighted by Gasteiger charge is -2.08. The Kier molecular flexibility index (Phi) is 4.24. The van der Waals surface area contributed by atoms with Gasteiger partial charge in [0.15, 0.2) is 0 Å². The van der Waals surface area contributed by atoms with Gasteiger partial charge in [-0.05, 0) is 65.3 Å². The zero-order valence-corrected chi connectivity index (χ0v) is 12.5. The van der Waals surface area contributed by atoms with E-state index < -0.39 is 5.97 Å². The van der Waals surface area contributed by atoms with Gasteiger partial charge in [-0.1, -0.05) is 6.07 Å². The maximum absolute atomic E-state index is 13.0. The van der Waals surface area contributed by atoms with Gasteiger partial charge in [-0.2, -0.15) is 0 Å². The minimum Gasteiger partial charge on any atom is -0.477 e. The molecule has 19 heavy (non-hydrogen) atoms. The monoisotopic (exact) mass is 373 g/mol. The summed E-state index contributed by atoms with van der Waals surface area (Å²) in [5.41, 5.74) is 2.20. The fourth-order valence-corrected chi connectivity index (χ4v) is 2.65. The highest BCUT2D eigenvalue weighted by Crippen LogP contribution is 2.15. The fourth-order valence-electron chi connectivity index (χ4n) is 2.02. The second-order valence-corrected chi connectivity index (χ2v) is 5.61. The Morgan fingerprint density at radius 2 is 2.16 bits per heavy atom. The number of carboxylic acids is 1. The number of rotatable bonds is 4. The summed E-state index contributed by atoms with van der Waals surface area (Å²) >= 11 is 2.09. The molecular weight excluding hydrogens is 360 g/mol. The number of halogens is 2. The molecule has 0 unspecified atom stereocenters. The third-order valence-electron chi connectivity index (χ3n) is 3.01. The largest absolute Gasteiger partial charge is 0.477 e. The highest BCUT2D eigenvalue weighted by atomic mass is 127. The molecule has 0 bridgehead atoms. The molecule has 100 valence electrons. The van der Waals surface area contributed by atoms with Gasteiger partial charge in [0.1, 0.15) is 11.5 Å². The summed E-state index contributed by atoms with van der Waals surface area (Å²) in [4.78, 5) is 11.1. The topological polar surface area (TPSA) is 42.2 Å². The zero-order chi connectivity index (χ0) is 14.0. The Morgan fingerprint density at radius 3 is 2.79 bits per heavy atom. The molecule has 0 amide bonds. The second-order valence-electron chi connectivity index (χ2n) is 4.36. The highest BCUT2D eigenvalue weighted by Gasteiger charge is 2.11. The first-order chi connectivity index (χ1) is 8.97. The van der Waals surface area contributed by atoms with Crippen LogP contribution >= 0.6 is 22.6 Å². The van der Waals surface area contributed by atoms with Gasteiger partial charge in [0, 0.05) is 16.3 Å². The van der Waals surface area contributed by atoms with E-state index >= 15 is 0 Å². The van der Waals surface area contributed by atoms with Crippen molar-refractivity contribution in [1.29, 1.82) is 0 Å². The fraction of sp³-hybridized carbons (Fsp3) is 0.214. The molecule has 0 radical (unpaired) electrons. The molecule has 2 rings (SSSR count). The van der Waals surface area contributed by atoms with E-state index in [-0.39, 0.29) is 11.5 Å². The molecule has 1 N–H and O–H groups in total. The summed E-state index contributed by atoms with van der Waals surface area (Å²) in [6.45, 7) is 2.42. The third-order valence-corrected chi connectivity index (χ3v) is 3.60. The summed E-state index contributed by atoms with van der Waals surface area (Å²) in [5.74, 6) is -1.18. The van der Waals surface area contributed by atoms with Crippen molar-refractivity contribution in [1.82, 2.24) is 4.57 Å². The standard InChI is InChI=1S/C14H13FINO2/c1-9-6-11(15)3-2-10(9)4-5-17-8-12(16)7-13(17)14(18)19/h2-3,6-8H,4-5H2,1H3,(H,18,19). The maximum atomic E-state index is 13.0. The van der Waals surface area contributed by atoms with E-state index in [0.29, 0.717) is 13.0 Å². The molecule has 0 aliphatic heterocycles. The molecule has 0 aliphatic rings. The average Bonchev–Trinajstić information content (AvgIpc) is 2.69. The van der Waals surface area contributed by atoms with Crippen molar-refractivity contribution in [3.63, 3.8) is 0 Å². The van der Waals surface area contributed by atoms with Crippen molar-refractivity contribution >= 4 is 28.6 Å². The predicted octanol–water partition coefficient (Wildman–Crippen LogP) is 3.48. The first-order valence-electron chi connectivity index (χ1n) is 5.81. The van der Waals surface area contributed by atoms with E-state index in [1.54, 1.807) is 16.7 Å². The molecule has 0 saturated heterocycles. The predicted molar refractivity (Wildman–Crippen MR) is 78.9 cm³/mol. The molecule has 1 aromatic heterocycles. The van der Waals surface area contributed by atoms with Gasteiger partial charge in [0.2, 0.25) is 0 Å². The average molecular weight is 373 g/mol. The normalized spacial score (nSPS) is 10.7. The van der Waals surface area contributed by atoms with Crippen LogP contribution in [0.3, 0.4) is 0 Å². The zero-order valence-electron chi connectivity index (χ0n) is 10.4. The summed E-state index contributed by atoms with van der Waals surface area (Å²) < 4.78 is 15.6. The van der Waals surface area contributed by atoms with Crippen LogP contribution in [0.4, 0.5) is 4.39 Å². The molecule has 3 nitrogen and oxygen atoms in total. The quantitative estimate of drug-likeness (QED) is 0.834. The van der Waals surface area contributed by atoms with Gasteiger partial charge in [0.25, 0.3) is 0 Å². The Hall–Kier alpha value is -1.37. The molecule has 1 aromatic carbocycles. The molecule has 5 heteroatoms. The number of aryl methyl sites for hydroxylation is 3. The molecule has 0 spiro atoms. The van der Waals surface area contributed by atoms with E-state index in [2.05, 4.69) is 22.6 Å². The number of aromatic nitrogens is 1. The lowest BCUT2D eigenvalue weighted by Crippen LogP contribution is -2.09. The smallest absolute Gasteiger partial charge is 0.352 e. The van der Waals surface area contributed by atoms with Crippen LogP contribution in [-0.4, -0.2) is 15.6 Å². The summed E-state index contributed by atoms with van der Waals surface area (Å²) in [6.07, 6.45) is 2.49. The number of carbonyl (C=O) groups is 1. The Balaban J connectivity index is 2.16. The van der Waals surface area contributed by atoms with Crippen LogP contribution in [0.5, 0.6) is 0 Å². The number of hydrogen-bond acceptors (Lipinski definition) is 1. The Morgan fingerprint density at radius 1 is 1.42 bits per heavy atom. The van der Waals surface area contributed by atoms with E-state index in [4.69, 9.17) is 5.11 Å². The lowest BCUT2D eigenvalue weighted by atomic mass is 10.1. The van der Waals surface area contributed by atoms with Crippen LogP contribution in [-0.2, 0) is 13.0 Å². The van der Waals surface area contributed by atoms with Crippen LogP contribution in [0.2, 0.25) is 0 Å². The van der Waals surface area contributed by atoms with Crippen molar-refractivity contribution in [2.45, 2.75) is 19.9 Å². The van der Waals surface area contributed by atoms with E-state index in [0.717, 1.165) is 14.7 Å². The first-order valence-corrected chi connectivity index (χ1v) is 6.89.